The number of methoxy groups -OCH3 is 1. The number of hydrogen-bond donors (Lipinski definition) is 2. The summed E-state index contributed by atoms with van der Waals surface area (Å²) in [5.41, 5.74) is 6.32. The first-order chi connectivity index (χ1) is 14.1. The number of nitrogens with zero attached hydrogens (tertiary/aromatic N) is 5. The summed E-state index contributed by atoms with van der Waals surface area (Å²) in [6, 6.07) is 10.7. The van der Waals surface area contributed by atoms with E-state index in [4.69, 9.17) is 10.5 Å². The maximum absolute atomic E-state index is 12.6. The molecule has 3 heterocycles. The van der Waals surface area contributed by atoms with Gasteiger partial charge in [0, 0.05) is 30.9 Å². The van der Waals surface area contributed by atoms with Gasteiger partial charge in [0.1, 0.15) is 17.4 Å². The summed E-state index contributed by atoms with van der Waals surface area (Å²) in [5.74, 6) is 2.33. The number of nitrogen functional groups attached to an aromatic ring is 1. The number of carbonyl (C=O) groups excluding carboxylic acids is 1. The Kier molecular flexibility index (Phi) is 5.28. The SMILES string of the molecule is COc1ccc(C(=O)Nc2ccnn2C2CCN(c3nccc(N)n3)CC2)cc1. The molecule has 0 radical (unpaired) electrons. The van der Waals surface area contributed by atoms with Crippen molar-refractivity contribution >= 4 is 23.5 Å². The third kappa shape index (κ3) is 4.13. The van der Waals surface area contributed by atoms with Crippen LogP contribution < -0.4 is 20.7 Å². The Labute approximate surface area is 168 Å². The fraction of sp³-hybridized carbons (Fsp3) is 0.300. The first kappa shape index (κ1) is 18.7. The standard InChI is InChI=1S/C20H23N7O2/c1-29-16-4-2-14(3-5-16)19(28)25-18-7-11-23-27(18)15-8-12-26(13-9-15)20-22-10-6-17(21)24-20/h2-7,10-11,15H,8-9,12-13H2,1H3,(H,25,28)(H2,21,22,24). The average Bonchev–Trinajstić information content (AvgIpc) is 3.22. The summed E-state index contributed by atoms with van der Waals surface area (Å²) >= 11 is 0. The van der Waals surface area contributed by atoms with Crippen LogP contribution in [0.5, 0.6) is 5.75 Å². The second kappa shape index (κ2) is 8.17. The minimum atomic E-state index is -0.181. The van der Waals surface area contributed by atoms with Crippen molar-refractivity contribution in [3.05, 3.63) is 54.4 Å². The molecule has 1 saturated heterocycles. The van der Waals surface area contributed by atoms with E-state index in [-0.39, 0.29) is 11.9 Å². The average molecular weight is 393 g/mol. The Hall–Kier alpha value is -3.62. The number of piperidine rings is 1. The molecular formula is C20H23N7O2. The predicted octanol–water partition coefficient (Wildman–Crippen LogP) is 2.36. The Morgan fingerprint density at radius 2 is 1.90 bits per heavy atom. The number of rotatable bonds is 5. The van der Waals surface area contributed by atoms with Crippen LogP contribution in [0.25, 0.3) is 0 Å². The maximum Gasteiger partial charge on any atom is 0.256 e. The van der Waals surface area contributed by atoms with Crippen LogP contribution in [-0.2, 0) is 0 Å². The quantitative estimate of drug-likeness (QED) is 0.684. The third-order valence-corrected chi connectivity index (χ3v) is 5.02. The zero-order valence-electron chi connectivity index (χ0n) is 16.2. The molecule has 1 aliphatic heterocycles. The lowest BCUT2D eigenvalue weighted by molar-refractivity contribution is 0.102. The Balaban J connectivity index is 1.41. The molecule has 0 atom stereocenters. The summed E-state index contributed by atoms with van der Waals surface area (Å²) < 4.78 is 7.02. The summed E-state index contributed by atoms with van der Waals surface area (Å²) in [4.78, 5) is 23.3. The van der Waals surface area contributed by atoms with E-state index in [1.807, 2.05) is 10.7 Å². The first-order valence-corrected chi connectivity index (χ1v) is 9.46. The normalized spacial score (nSPS) is 14.6. The zero-order chi connectivity index (χ0) is 20.2. The van der Waals surface area contributed by atoms with Crippen molar-refractivity contribution in [2.24, 2.45) is 0 Å². The molecule has 4 rings (SSSR count). The van der Waals surface area contributed by atoms with E-state index in [0.717, 1.165) is 25.9 Å². The summed E-state index contributed by atoms with van der Waals surface area (Å²) in [6.07, 6.45) is 5.11. The first-order valence-electron chi connectivity index (χ1n) is 9.46. The van der Waals surface area contributed by atoms with Crippen LogP contribution in [0.15, 0.2) is 48.8 Å². The van der Waals surface area contributed by atoms with Gasteiger partial charge in [-0.15, -0.1) is 0 Å². The third-order valence-electron chi connectivity index (χ3n) is 5.02. The van der Waals surface area contributed by atoms with E-state index in [9.17, 15) is 4.79 Å². The highest BCUT2D eigenvalue weighted by atomic mass is 16.5. The number of anilines is 3. The second-order valence-electron chi connectivity index (χ2n) is 6.84. The smallest absolute Gasteiger partial charge is 0.256 e. The molecule has 3 aromatic rings. The number of amides is 1. The molecule has 0 unspecified atom stereocenters. The molecule has 2 aromatic heterocycles. The van der Waals surface area contributed by atoms with Crippen LogP contribution >= 0.6 is 0 Å². The van der Waals surface area contributed by atoms with Crippen LogP contribution in [0, 0.1) is 0 Å². The molecular weight excluding hydrogens is 370 g/mol. The lowest BCUT2D eigenvalue weighted by atomic mass is 10.1. The van der Waals surface area contributed by atoms with E-state index >= 15 is 0 Å². The predicted molar refractivity (Wildman–Crippen MR) is 110 cm³/mol. The summed E-state index contributed by atoms with van der Waals surface area (Å²) in [7, 11) is 1.60. The molecule has 0 saturated carbocycles. The fourth-order valence-corrected chi connectivity index (χ4v) is 3.46. The molecule has 1 aliphatic rings. The van der Waals surface area contributed by atoms with Gasteiger partial charge in [-0.25, -0.2) is 9.67 Å². The number of nitrogens with two attached hydrogens (primary N) is 1. The highest BCUT2D eigenvalue weighted by Crippen LogP contribution is 2.27. The van der Waals surface area contributed by atoms with Gasteiger partial charge in [-0.1, -0.05) is 0 Å². The van der Waals surface area contributed by atoms with Gasteiger partial charge in [0.25, 0.3) is 5.91 Å². The van der Waals surface area contributed by atoms with E-state index < -0.39 is 0 Å². The van der Waals surface area contributed by atoms with Gasteiger partial charge in [0.05, 0.1) is 19.3 Å². The lowest BCUT2D eigenvalue weighted by Gasteiger charge is -2.32. The van der Waals surface area contributed by atoms with Crippen LogP contribution in [0.1, 0.15) is 29.2 Å². The van der Waals surface area contributed by atoms with Gasteiger partial charge in [-0.2, -0.15) is 10.1 Å². The molecule has 9 nitrogen and oxygen atoms in total. The Bertz CT molecular complexity index is 979. The summed E-state index contributed by atoms with van der Waals surface area (Å²) in [5, 5.41) is 7.40. The van der Waals surface area contributed by atoms with Gasteiger partial charge < -0.3 is 20.7 Å². The molecule has 9 heteroatoms. The molecule has 1 amide bonds. The zero-order valence-corrected chi connectivity index (χ0v) is 16.2. The van der Waals surface area contributed by atoms with Crippen molar-refractivity contribution in [3.8, 4) is 5.75 Å². The van der Waals surface area contributed by atoms with Gasteiger partial charge in [-0.3, -0.25) is 4.79 Å². The monoisotopic (exact) mass is 393 g/mol. The largest absolute Gasteiger partial charge is 0.497 e. The summed E-state index contributed by atoms with van der Waals surface area (Å²) in [6.45, 7) is 1.58. The molecule has 1 aromatic carbocycles. The number of benzene rings is 1. The van der Waals surface area contributed by atoms with E-state index in [2.05, 4.69) is 25.3 Å². The minimum absolute atomic E-state index is 0.181. The maximum atomic E-state index is 12.6. The number of hydrogen-bond acceptors (Lipinski definition) is 7. The van der Waals surface area contributed by atoms with Crippen molar-refractivity contribution in [2.75, 3.05) is 36.1 Å². The Morgan fingerprint density at radius 1 is 1.14 bits per heavy atom. The van der Waals surface area contributed by atoms with Crippen LogP contribution in [0.4, 0.5) is 17.6 Å². The molecule has 150 valence electrons. The van der Waals surface area contributed by atoms with Crippen LogP contribution in [0.3, 0.4) is 0 Å². The minimum Gasteiger partial charge on any atom is -0.497 e. The topological polar surface area (TPSA) is 111 Å². The number of nitrogens with one attached hydrogen (secondary N) is 1. The highest BCUT2D eigenvalue weighted by Gasteiger charge is 2.24. The molecule has 0 bridgehead atoms. The van der Waals surface area contributed by atoms with Crippen LogP contribution in [-0.4, -0.2) is 45.9 Å². The molecule has 0 spiro atoms. The number of carbonyl (C=O) groups is 1. The molecule has 1 fully saturated rings. The van der Waals surface area contributed by atoms with Gasteiger partial charge >= 0.3 is 0 Å². The number of ether oxygens (including phenoxy) is 1. The van der Waals surface area contributed by atoms with E-state index in [1.165, 1.54) is 0 Å². The van der Waals surface area contributed by atoms with E-state index in [0.29, 0.717) is 28.9 Å². The van der Waals surface area contributed by atoms with E-state index in [1.54, 1.807) is 49.8 Å². The fourth-order valence-electron chi connectivity index (χ4n) is 3.46. The van der Waals surface area contributed by atoms with Crippen molar-refractivity contribution in [1.82, 2.24) is 19.7 Å². The van der Waals surface area contributed by atoms with Crippen molar-refractivity contribution in [1.29, 1.82) is 0 Å². The Morgan fingerprint density at radius 3 is 2.59 bits per heavy atom. The highest BCUT2D eigenvalue weighted by molar-refractivity contribution is 6.03. The molecule has 3 N–H and O–H groups in total. The lowest BCUT2D eigenvalue weighted by Crippen LogP contribution is -2.36. The number of aromatic nitrogens is 4. The molecule has 29 heavy (non-hydrogen) atoms. The van der Waals surface area contributed by atoms with Gasteiger partial charge in [-0.05, 0) is 43.2 Å². The second-order valence-corrected chi connectivity index (χ2v) is 6.84. The molecule has 0 aliphatic carbocycles. The van der Waals surface area contributed by atoms with Gasteiger partial charge in [0.2, 0.25) is 5.95 Å². The van der Waals surface area contributed by atoms with Crippen molar-refractivity contribution in [3.63, 3.8) is 0 Å². The van der Waals surface area contributed by atoms with Crippen molar-refractivity contribution < 1.29 is 9.53 Å². The van der Waals surface area contributed by atoms with Crippen LogP contribution in [0.2, 0.25) is 0 Å². The van der Waals surface area contributed by atoms with Gasteiger partial charge in [0.15, 0.2) is 0 Å². The van der Waals surface area contributed by atoms with Crippen molar-refractivity contribution in [2.45, 2.75) is 18.9 Å².